The molecule has 0 heterocycles. The number of hydrogen-bond donors (Lipinski definition) is 0. The number of nitrogens with zero attached hydrogens (tertiary/aromatic N) is 1. The summed E-state index contributed by atoms with van der Waals surface area (Å²) in [6.07, 6.45) is 20.4. The highest BCUT2D eigenvalue weighted by Gasteiger charge is 2.37. The molecule has 1 nitrogen and oxygen atoms in total. The van der Waals surface area contributed by atoms with Crippen LogP contribution in [0.5, 0.6) is 0 Å². The van der Waals surface area contributed by atoms with Crippen LogP contribution in [-0.2, 0) is 5.41 Å². The molecule has 0 aromatic heterocycles. The Labute approximate surface area is 313 Å². The molecular weight excluding hydrogens is 627 g/mol. The zero-order valence-electron chi connectivity index (χ0n) is 31.7. The molecule has 0 amide bonds. The first-order chi connectivity index (χ1) is 25.5. The van der Waals surface area contributed by atoms with Crippen LogP contribution < -0.4 is 4.90 Å². The molecule has 3 fully saturated rings. The molecule has 0 N–H and O–H groups in total. The lowest BCUT2D eigenvalue weighted by molar-refractivity contribution is 0.443. The van der Waals surface area contributed by atoms with E-state index in [4.69, 9.17) is 0 Å². The lowest BCUT2D eigenvalue weighted by Crippen LogP contribution is -2.17. The molecule has 9 rings (SSSR count). The molecule has 0 atom stereocenters. The van der Waals surface area contributed by atoms with Crippen LogP contribution in [0.4, 0.5) is 17.1 Å². The summed E-state index contributed by atoms with van der Waals surface area (Å²) in [5.41, 5.74) is 16.6. The van der Waals surface area contributed by atoms with E-state index in [-0.39, 0.29) is 5.41 Å². The van der Waals surface area contributed by atoms with Gasteiger partial charge in [-0.25, -0.2) is 0 Å². The van der Waals surface area contributed by atoms with E-state index in [1.165, 1.54) is 158 Å². The van der Waals surface area contributed by atoms with Gasteiger partial charge in [-0.15, -0.1) is 0 Å². The molecule has 4 aliphatic rings. The summed E-state index contributed by atoms with van der Waals surface area (Å²) in [7, 11) is 0. The number of benzene rings is 5. The SMILES string of the molecule is CC1(C)c2cc(C3CCCCC3)ccc2-c2ccc(N(c3ccc(C4CCCCC4)cc3)c3ccccc3-c3ccc(C4CCCCC4)cc3)cc21. The van der Waals surface area contributed by atoms with E-state index in [0.717, 1.165) is 11.8 Å². The van der Waals surface area contributed by atoms with Crippen molar-refractivity contribution in [2.75, 3.05) is 4.90 Å². The third-order valence-corrected chi connectivity index (χ3v) is 13.7. The molecule has 0 aliphatic heterocycles. The Kier molecular flexibility index (Phi) is 9.32. The number of rotatable bonds is 7. The van der Waals surface area contributed by atoms with Crippen LogP contribution in [0.2, 0.25) is 0 Å². The second-order valence-electron chi connectivity index (χ2n) is 17.2. The van der Waals surface area contributed by atoms with Gasteiger partial charge < -0.3 is 4.90 Å². The monoisotopic (exact) mass is 683 g/mol. The average molecular weight is 684 g/mol. The van der Waals surface area contributed by atoms with E-state index < -0.39 is 0 Å². The van der Waals surface area contributed by atoms with Crippen LogP contribution in [0.1, 0.15) is 156 Å². The average Bonchev–Trinajstić information content (AvgIpc) is 3.44. The predicted molar refractivity (Wildman–Crippen MR) is 222 cm³/mol. The van der Waals surface area contributed by atoms with Crippen molar-refractivity contribution < 1.29 is 0 Å². The highest BCUT2D eigenvalue weighted by Crippen LogP contribution is 2.52. The first-order valence-electron chi connectivity index (χ1n) is 20.9. The van der Waals surface area contributed by atoms with Gasteiger partial charge >= 0.3 is 0 Å². The van der Waals surface area contributed by atoms with Crippen molar-refractivity contribution in [1.82, 2.24) is 0 Å². The minimum Gasteiger partial charge on any atom is -0.310 e. The molecule has 0 spiro atoms. The molecule has 3 saturated carbocycles. The maximum atomic E-state index is 2.58. The van der Waals surface area contributed by atoms with E-state index >= 15 is 0 Å². The topological polar surface area (TPSA) is 3.24 Å². The first-order valence-corrected chi connectivity index (χ1v) is 20.9. The molecule has 4 aliphatic carbocycles. The maximum Gasteiger partial charge on any atom is 0.0540 e. The Hall–Kier alpha value is -4.10. The zero-order valence-corrected chi connectivity index (χ0v) is 31.7. The lowest BCUT2D eigenvalue weighted by Gasteiger charge is -2.30. The smallest absolute Gasteiger partial charge is 0.0540 e. The van der Waals surface area contributed by atoms with Crippen molar-refractivity contribution in [3.63, 3.8) is 0 Å². The van der Waals surface area contributed by atoms with Gasteiger partial charge in [-0.3, -0.25) is 0 Å². The molecule has 0 radical (unpaired) electrons. The third-order valence-electron chi connectivity index (χ3n) is 13.7. The Morgan fingerprint density at radius 1 is 0.423 bits per heavy atom. The predicted octanol–water partition coefficient (Wildman–Crippen LogP) is 15.3. The fraction of sp³-hybridized carbons (Fsp3) is 0.412. The van der Waals surface area contributed by atoms with Gasteiger partial charge in [0.2, 0.25) is 0 Å². The largest absolute Gasteiger partial charge is 0.310 e. The van der Waals surface area contributed by atoms with E-state index in [1.54, 1.807) is 5.56 Å². The summed E-state index contributed by atoms with van der Waals surface area (Å²) in [6, 6.07) is 43.2. The van der Waals surface area contributed by atoms with Crippen LogP contribution in [0.15, 0.2) is 109 Å². The van der Waals surface area contributed by atoms with Crippen LogP contribution in [-0.4, -0.2) is 0 Å². The van der Waals surface area contributed by atoms with E-state index in [1.807, 2.05) is 0 Å². The molecule has 52 heavy (non-hydrogen) atoms. The van der Waals surface area contributed by atoms with E-state index in [0.29, 0.717) is 5.92 Å². The quantitative estimate of drug-likeness (QED) is 0.165. The van der Waals surface area contributed by atoms with Crippen molar-refractivity contribution in [3.8, 4) is 22.3 Å². The van der Waals surface area contributed by atoms with Crippen LogP contribution in [0.3, 0.4) is 0 Å². The maximum absolute atomic E-state index is 2.58. The number of fused-ring (bicyclic) bond motifs is 3. The summed E-state index contributed by atoms with van der Waals surface area (Å²) in [4.78, 5) is 2.54. The van der Waals surface area contributed by atoms with Gasteiger partial charge in [-0.1, -0.05) is 150 Å². The van der Waals surface area contributed by atoms with Gasteiger partial charge in [0, 0.05) is 22.4 Å². The Bertz CT molecular complexity index is 2000. The van der Waals surface area contributed by atoms with Gasteiger partial charge in [0.05, 0.1) is 5.69 Å². The van der Waals surface area contributed by atoms with Crippen molar-refractivity contribution in [1.29, 1.82) is 0 Å². The molecule has 1 heteroatoms. The van der Waals surface area contributed by atoms with E-state index in [2.05, 4.69) is 128 Å². The van der Waals surface area contributed by atoms with Gasteiger partial charge in [-0.2, -0.15) is 0 Å². The third kappa shape index (κ3) is 6.33. The Morgan fingerprint density at radius 2 is 0.885 bits per heavy atom. The van der Waals surface area contributed by atoms with Crippen LogP contribution >= 0.6 is 0 Å². The second-order valence-corrected chi connectivity index (χ2v) is 17.2. The molecule has 5 aromatic rings. The highest BCUT2D eigenvalue weighted by atomic mass is 15.1. The number of para-hydroxylation sites is 1. The van der Waals surface area contributed by atoms with Gasteiger partial charge in [0.1, 0.15) is 0 Å². The minimum absolute atomic E-state index is 0.0592. The molecule has 0 bridgehead atoms. The van der Waals surface area contributed by atoms with Crippen molar-refractivity contribution >= 4 is 17.1 Å². The lowest BCUT2D eigenvalue weighted by atomic mass is 9.79. The highest BCUT2D eigenvalue weighted by molar-refractivity contribution is 5.90. The van der Waals surface area contributed by atoms with Crippen molar-refractivity contribution in [3.05, 3.63) is 137 Å². The summed E-state index contributed by atoms with van der Waals surface area (Å²) < 4.78 is 0. The molecule has 0 saturated heterocycles. The molecular formula is C51H57N. The zero-order chi connectivity index (χ0) is 35.1. The summed E-state index contributed by atoms with van der Waals surface area (Å²) in [5, 5.41) is 0. The van der Waals surface area contributed by atoms with E-state index in [9.17, 15) is 0 Å². The normalized spacial score (nSPS) is 19.3. The minimum atomic E-state index is -0.0592. The summed E-state index contributed by atoms with van der Waals surface area (Å²) >= 11 is 0. The number of anilines is 3. The molecule has 266 valence electrons. The fourth-order valence-electron chi connectivity index (χ4n) is 10.6. The van der Waals surface area contributed by atoms with Gasteiger partial charge in [0.25, 0.3) is 0 Å². The van der Waals surface area contributed by atoms with Gasteiger partial charge in [-0.05, 0) is 131 Å². The summed E-state index contributed by atoms with van der Waals surface area (Å²) in [6.45, 7) is 4.91. The molecule has 0 unspecified atom stereocenters. The Balaban J connectivity index is 1.12. The number of hydrogen-bond acceptors (Lipinski definition) is 1. The first kappa shape index (κ1) is 33.7. The van der Waals surface area contributed by atoms with Crippen molar-refractivity contribution in [2.45, 2.75) is 133 Å². The standard InChI is InChI=1S/C51H57N/c1-51(2)48-34-42(38-18-10-5-11-19-38)28-32-46(48)47-33-31-44(35-49(47)51)52(43-29-26-40(27-30-43)37-16-8-4-9-17-37)50-21-13-12-20-45(50)41-24-22-39(23-25-41)36-14-6-3-7-15-36/h12-13,20-38H,3-11,14-19H2,1-2H3. The Morgan fingerprint density at radius 3 is 1.48 bits per heavy atom. The second kappa shape index (κ2) is 14.4. The van der Waals surface area contributed by atoms with Gasteiger partial charge in [0.15, 0.2) is 0 Å². The van der Waals surface area contributed by atoms with Crippen LogP contribution in [0, 0.1) is 0 Å². The molecule has 5 aromatic carbocycles. The van der Waals surface area contributed by atoms with Crippen LogP contribution in [0.25, 0.3) is 22.3 Å². The summed E-state index contributed by atoms with van der Waals surface area (Å²) in [5.74, 6) is 2.13. The van der Waals surface area contributed by atoms with Crippen molar-refractivity contribution in [2.24, 2.45) is 0 Å². The fourth-order valence-corrected chi connectivity index (χ4v) is 10.6.